The highest BCUT2D eigenvalue weighted by molar-refractivity contribution is 5.26. The molecule has 0 N–H and O–H groups in total. The topological polar surface area (TPSA) is 95.1 Å². The van der Waals surface area contributed by atoms with Crippen LogP contribution in [0.2, 0.25) is 0 Å². The van der Waals surface area contributed by atoms with E-state index in [9.17, 15) is 10.1 Å². The number of hydrazine groups is 1. The molecule has 4 atom stereocenters. The van der Waals surface area contributed by atoms with E-state index in [1.807, 2.05) is 0 Å². The van der Waals surface area contributed by atoms with Crippen LogP contribution < -0.4 is 0 Å². The highest BCUT2D eigenvalue weighted by atomic mass is 16.7. The maximum Gasteiger partial charge on any atom is 0.184 e. The smallest absolute Gasteiger partial charge is 0.184 e. The van der Waals surface area contributed by atoms with Gasteiger partial charge in [0.25, 0.3) is 0 Å². The number of piperidine rings is 1. The molecule has 2 aliphatic carbocycles. The Morgan fingerprint density at radius 1 is 1.59 bits per heavy atom. The number of rotatable bonds is 2. The van der Waals surface area contributed by atoms with Gasteiger partial charge in [0.1, 0.15) is 0 Å². The standard InChI is InChI=1S/C10H15N5O2/c1-8-6-14(15(16)17)10(12-13-11)5-7(8)3-4-9(8,10)2/h7H,3-6H2,1-2H3/t7-,8-,9-,10+/m0/s1. The quantitative estimate of drug-likeness (QED) is 0.242. The van der Waals surface area contributed by atoms with Crippen molar-refractivity contribution in [3.8, 4) is 0 Å². The lowest BCUT2D eigenvalue weighted by atomic mass is 9.69. The molecule has 1 heterocycles. The van der Waals surface area contributed by atoms with Gasteiger partial charge in [-0.2, -0.15) is 0 Å². The van der Waals surface area contributed by atoms with Gasteiger partial charge in [-0.3, -0.25) is 0 Å². The van der Waals surface area contributed by atoms with Gasteiger partial charge >= 0.3 is 0 Å². The largest absolute Gasteiger partial charge is 0.235 e. The van der Waals surface area contributed by atoms with Gasteiger partial charge in [-0.25, -0.2) is 10.1 Å². The van der Waals surface area contributed by atoms with Crippen LogP contribution in [0.1, 0.15) is 33.1 Å². The molecule has 7 nitrogen and oxygen atoms in total. The summed E-state index contributed by atoms with van der Waals surface area (Å²) in [4.78, 5) is 14.1. The molecule has 3 aliphatic rings. The second-order valence-corrected chi connectivity index (χ2v) is 5.99. The second kappa shape index (κ2) is 2.67. The number of nitrogens with zero attached hydrogens (tertiary/aromatic N) is 5. The summed E-state index contributed by atoms with van der Waals surface area (Å²) in [6.07, 6.45) is 2.64. The summed E-state index contributed by atoms with van der Waals surface area (Å²) in [6.45, 7) is 4.57. The second-order valence-electron chi connectivity index (χ2n) is 5.99. The third-order valence-electron chi connectivity index (χ3n) is 5.88. The van der Waals surface area contributed by atoms with Gasteiger partial charge < -0.3 is 0 Å². The van der Waals surface area contributed by atoms with Gasteiger partial charge in [-0.15, -0.1) is 5.01 Å². The predicted octanol–water partition coefficient (Wildman–Crippen LogP) is 2.33. The average Bonchev–Trinajstić information content (AvgIpc) is 2.69. The third kappa shape index (κ3) is 0.824. The van der Waals surface area contributed by atoms with Crippen molar-refractivity contribution in [1.29, 1.82) is 0 Å². The summed E-state index contributed by atoms with van der Waals surface area (Å²) in [5.41, 5.74) is 7.49. The first-order valence-electron chi connectivity index (χ1n) is 5.89. The summed E-state index contributed by atoms with van der Waals surface area (Å²) in [5, 5.41) is 15.9. The minimum absolute atomic E-state index is 0.0890. The fourth-order valence-corrected chi connectivity index (χ4v) is 4.68. The lowest BCUT2D eigenvalue weighted by Crippen LogP contribution is -2.53. The summed E-state index contributed by atoms with van der Waals surface area (Å²) < 4.78 is 0. The van der Waals surface area contributed by atoms with E-state index in [1.165, 1.54) is 5.01 Å². The van der Waals surface area contributed by atoms with Crippen molar-refractivity contribution in [1.82, 2.24) is 5.01 Å². The molecule has 92 valence electrons. The van der Waals surface area contributed by atoms with Crippen LogP contribution in [-0.4, -0.2) is 22.2 Å². The molecule has 0 unspecified atom stereocenters. The fourth-order valence-electron chi connectivity index (χ4n) is 4.68. The first kappa shape index (κ1) is 10.7. The lowest BCUT2D eigenvalue weighted by Gasteiger charge is -2.39. The van der Waals surface area contributed by atoms with Crippen molar-refractivity contribution in [2.24, 2.45) is 21.9 Å². The van der Waals surface area contributed by atoms with Crippen LogP contribution in [-0.2, 0) is 0 Å². The predicted molar refractivity (Wildman–Crippen MR) is 59.1 cm³/mol. The van der Waals surface area contributed by atoms with E-state index in [-0.39, 0.29) is 15.9 Å². The van der Waals surface area contributed by atoms with E-state index in [2.05, 4.69) is 23.9 Å². The minimum atomic E-state index is -0.942. The van der Waals surface area contributed by atoms with Crippen molar-refractivity contribution in [3.05, 3.63) is 20.6 Å². The van der Waals surface area contributed by atoms with Crippen molar-refractivity contribution < 1.29 is 5.03 Å². The molecule has 4 bridgehead atoms. The van der Waals surface area contributed by atoms with Crippen molar-refractivity contribution in [3.63, 3.8) is 0 Å². The van der Waals surface area contributed by atoms with E-state index in [4.69, 9.17) is 5.53 Å². The van der Waals surface area contributed by atoms with E-state index in [1.54, 1.807) is 0 Å². The summed E-state index contributed by atoms with van der Waals surface area (Å²) in [5.74, 6) is 0.453. The van der Waals surface area contributed by atoms with Crippen LogP contribution in [0, 0.1) is 26.9 Å². The molecule has 0 aromatic rings. The Hall–Kier alpha value is -1.49. The molecule has 0 amide bonds. The Kier molecular flexibility index (Phi) is 1.67. The van der Waals surface area contributed by atoms with Gasteiger partial charge in [-0.1, -0.05) is 19.0 Å². The molecule has 1 aliphatic heterocycles. The van der Waals surface area contributed by atoms with Crippen LogP contribution >= 0.6 is 0 Å². The molecule has 17 heavy (non-hydrogen) atoms. The molecular formula is C10H15N5O2. The highest BCUT2D eigenvalue weighted by Gasteiger charge is 2.81. The van der Waals surface area contributed by atoms with E-state index in [0.29, 0.717) is 18.9 Å². The van der Waals surface area contributed by atoms with Gasteiger partial charge in [0.2, 0.25) is 0 Å². The van der Waals surface area contributed by atoms with Crippen molar-refractivity contribution >= 4 is 0 Å². The van der Waals surface area contributed by atoms with Gasteiger partial charge in [0, 0.05) is 15.7 Å². The van der Waals surface area contributed by atoms with Crippen LogP contribution in [0.5, 0.6) is 0 Å². The third-order valence-corrected chi connectivity index (χ3v) is 5.88. The SMILES string of the molecule is C[C@@]12CC[C@H]3C[C@@]1(N=[N+]=[N-])N([N+](=O)[O-])C[C@@]32C. The molecule has 3 fully saturated rings. The first-order valence-corrected chi connectivity index (χ1v) is 5.89. The maximum absolute atomic E-state index is 11.2. The monoisotopic (exact) mass is 237 g/mol. The molecule has 0 aromatic heterocycles. The summed E-state index contributed by atoms with van der Waals surface area (Å²) >= 11 is 0. The number of azide groups is 1. The Morgan fingerprint density at radius 2 is 2.29 bits per heavy atom. The van der Waals surface area contributed by atoms with Crippen molar-refractivity contribution in [2.45, 2.75) is 38.8 Å². The summed E-state index contributed by atoms with van der Waals surface area (Å²) in [7, 11) is 0. The van der Waals surface area contributed by atoms with E-state index in [0.717, 1.165) is 12.8 Å². The molecule has 2 saturated carbocycles. The van der Waals surface area contributed by atoms with E-state index < -0.39 is 5.66 Å². The number of hydrogen-bond donors (Lipinski definition) is 0. The fraction of sp³-hybridized carbons (Fsp3) is 1.00. The Bertz CT molecular complexity index is 462. The van der Waals surface area contributed by atoms with Gasteiger partial charge in [0.15, 0.2) is 10.7 Å². The van der Waals surface area contributed by atoms with Crippen LogP contribution in [0.25, 0.3) is 10.4 Å². The molecular weight excluding hydrogens is 222 g/mol. The van der Waals surface area contributed by atoms with Crippen LogP contribution in [0.4, 0.5) is 0 Å². The van der Waals surface area contributed by atoms with Crippen molar-refractivity contribution in [2.75, 3.05) is 6.54 Å². The average molecular weight is 237 g/mol. The minimum Gasteiger partial charge on any atom is -0.235 e. The summed E-state index contributed by atoms with van der Waals surface area (Å²) in [6, 6.07) is 0. The highest BCUT2D eigenvalue weighted by Crippen LogP contribution is 2.76. The zero-order valence-corrected chi connectivity index (χ0v) is 9.96. The molecule has 0 aromatic carbocycles. The molecule has 0 spiro atoms. The molecule has 0 radical (unpaired) electrons. The number of nitro groups is 1. The zero-order chi connectivity index (χ0) is 12.5. The number of hydrogen-bond acceptors (Lipinski definition) is 3. The Morgan fingerprint density at radius 3 is 2.82 bits per heavy atom. The first-order chi connectivity index (χ1) is 7.91. The Balaban J connectivity index is 2.20. The van der Waals surface area contributed by atoms with Crippen LogP contribution in [0.15, 0.2) is 5.11 Å². The van der Waals surface area contributed by atoms with Gasteiger partial charge in [0.05, 0.1) is 6.54 Å². The normalized spacial score (nSPS) is 50.5. The molecule has 1 saturated heterocycles. The van der Waals surface area contributed by atoms with E-state index >= 15 is 0 Å². The maximum atomic E-state index is 11.2. The van der Waals surface area contributed by atoms with Gasteiger partial charge in [-0.05, 0) is 30.7 Å². The molecule has 7 heteroatoms. The van der Waals surface area contributed by atoms with Crippen LogP contribution in [0.3, 0.4) is 0 Å². The zero-order valence-electron chi connectivity index (χ0n) is 9.96. The lowest BCUT2D eigenvalue weighted by molar-refractivity contribution is -0.675. The molecule has 3 rings (SSSR count). The Labute approximate surface area is 98.5 Å².